The summed E-state index contributed by atoms with van der Waals surface area (Å²) in [6.07, 6.45) is 0. The normalized spacial score (nSPS) is 20.7. The van der Waals surface area contributed by atoms with Crippen LogP contribution in [0.25, 0.3) is 0 Å². The summed E-state index contributed by atoms with van der Waals surface area (Å²) in [6, 6.07) is 7.41. The fourth-order valence-electron chi connectivity index (χ4n) is 1.85. The molecule has 1 aliphatic rings. The topological polar surface area (TPSA) is 83.6 Å². The molecular formula is C12H14N2O3S. The molecule has 1 aliphatic heterocycles. The molecule has 1 saturated heterocycles. The molecule has 6 heteroatoms. The second-order valence-corrected chi connectivity index (χ2v) is 5.05. The lowest BCUT2D eigenvalue weighted by molar-refractivity contribution is -0.148. The van der Waals surface area contributed by atoms with Crippen molar-refractivity contribution in [3.63, 3.8) is 0 Å². The van der Waals surface area contributed by atoms with Crippen LogP contribution in [0.2, 0.25) is 0 Å². The fraction of sp³-hybridized carbons (Fsp3) is 0.333. The molecule has 96 valence electrons. The highest BCUT2D eigenvalue weighted by Crippen LogP contribution is 2.24. The molecule has 0 bridgehead atoms. The molecule has 18 heavy (non-hydrogen) atoms. The van der Waals surface area contributed by atoms with Gasteiger partial charge in [-0.15, -0.1) is 11.8 Å². The maximum atomic E-state index is 12.2. The number of thioether (sulfide) groups is 1. The van der Waals surface area contributed by atoms with E-state index in [4.69, 9.17) is 10.8 Å². The first kappa shape index (κ1) is 12.9. The van der Waals surface area contributed by atoms with Gasteiger partial charge in [0.15, 0.2) is 0 Å². The number of benzene rings is 1. The minimum absolute atomic E-state index is 0.335. The second-order valence-electron chi connectivity index (χ2n) is 4.05. The number of amides is 1. The molecule has 1 aromatic rings. The Hall–Kier alpha value is -1.53. The highest BCUT2D eigenvalue weighted by atomic mass is 32.2. The van der Waals surface area contributed by atoms with E-state index in [9.17, 15) is 9.59 Å². The molecule has 2 atom stereocenters. The summed E-state index contributed by atoms with van der Waals surface area (Å²) in [5, 5.41) is 9.04. The van der Waals surface area contributed by atoms with E-state index in [2.05, 4.69) is 0 Å². The lowest BCUT2D eigenvalue weighted by Crippen LogP contribution is -2.45. The number of hydrogen-bond donors (Lipinski definition) is 2. The summed E-state index contributed by atoms with van der Waals surface area (Å²) in [5.41, 5.74) is 6.59. The number of aliphatic carboxylic acids is 1. The number of carboxylic acids is 1. The van der Waals surface area contributed by atoms with Crippen LogP contribution in [0, 0.1) is 0 Å². The van der Waals surface area contributed by atoms with Gasteiger partial charge in [0.1, 0.15) is 12.1 Å². The molecule has 1 amide bonds. The molecule has 0 saturated carbocycles. The van der Waals surface area contributed by atoms with Gasteiger partial charge in [0.05, 0.1) is 5.88 Å². The predicted octanol–water partition coefficient (Wildman–Crippen LogP) is 0.672. The smallest absolute Gasteiger partial charge is 0.327 e. The quantitative estimate of drug-likeness (QED) is 0.840. The first-order valence-corrected chi connectivity index (χ1v) is 6.68. The Balaban J connectivity index is 2.14. The van der Waals surface area contributed by atoms with Crippen LogP contribution < -0.4 is 5.73 Å². The Morgan fingerprint density at radius 1 is 1.39 bits per heavy atom. The first-order valence-electron chi connectivity index (χ1n) is 5.53. The van der Waals surface area contributed by atoms with Gasteiger partial charge in [0.2, 0.25) is 5.91 Å². The molecule has 3 N–H and O–H groups in total. The lowest BCUT2D eigenvalue weighted by atomic mass is 10.1. The van der Waals surface area contributed by atoms with Gasteiger partial charge < -0.3 is 15.7 Å². The average molecular weight is 266 g/mol. The first-order chi connectivity index (χ1) is 8.61. The average Bonchev–Trinajstić information content (AvgIpc) is 2.87. The van der Waals surface area contributed by atoms with Gasteiger partial charge in [0, 0.05) is 5.75 Å². The Kier molecular flexibility index (Phi) is 3.88. The molecule has 0 aromatic heterocycles. The summed E-state index contributed by atoms with van der Waals surface area (Å²) in [7, 11) is 0. The van der Waals surface area contributed by atoms with Crippen molar-refractivity contribution in [2.45, 2.75) is 12.1 Å². The van der Waals surface area contributed by atoms with Gasteiger partial charge in [0.25, 0.3) is 0 Å². The van der Waals surface area contributed by atoms with Gasteiger partial charge in [-0.2, -0.15) is 0 Å². The summed E-state index contributed by atoms with van der Waals surface area (Å²) >= 11 is 1.43. The molecule has 0 aliphatic carbocycles. The number of carbonyl (C=O) groups excluding carboxylic acids is 1. The lowest BCUT2D eigenvalue weighted by Gasteiger charge is -2.24. The van der Waals surface area contributed by atoms with Crippen LogP contribution in [0.15, 0.2) is 30.3 Å². The van der Waals surface area contributed by atoms with E-state index in [-0.39, 0.29) is 5.91 Å². The molecule has 0 unspecified atom stereocenters. The fourth-order valence-corrected chi connectivity index (χ4v) is 3.00. The van der Waals surface area contributed by atoms with Gasteiger partial charge in [-0.05, 0) is 5.56 Å². The van der Waals surface area contributed by atoms with Gasteiger partial charge in [-0.3, -0.25) is 4.79 Å². The van der Waals surface area contributed by atoms with Crippen molar-refractivity contribution in [2.75, 3.05) is 11.6 Å². The van der Waals surface area contributed by atoms with E-state index >= 15 is 0 Å². The SMILES string of the molecule is N[C@@H](C(=O)N1CSC[C@H]1C(=O)O)c1ccccc1. The summed E-state index contributed by atoms with van der Waals surface area (Å²) in [5.74, 6) is -0.508. The zero-order valence-electron chi connectivity index (χ0n) is 9.65. The van der Waals surface area contributed by atoms with Gasteiger partial charge in [-0.25, -0.2) is 4.79 Å². The van der Waals surface area contributed by atoms with Crippen molar-refractivity contribution >= 4 is 23.6 Å². The zero-order valence-corrected chi connectivity index (χ0v) is 10.5. The molecule has 1 heterocycles. The Morgan fingerprint density at radius 2 is 2.06 bits per heavy atom. The minimum Gasteiger partial charge on any atom is -0.480 e. The number of nitrogens with zero attached hydrogens (tertiary/aromatic N) is 1. The summed E-state index contributed by atoms with van der Waals surface area (Å²) < 4.78 is 0. The highest BCUT2D eigenvalue weighted by molar-refractivity contribution is 7.99. The van der Waals surface area contributed by atoms with Crippen molar-refractivity contribution in [1.29, 1.82) is 0 Å². The Labute approximate surface area is 109 Å². The molecule has 5 nitrogen and oxygen atoms in total. The number of hydrogen-bond acceptors (Lipinski definition) is 4. The number of carboxylic acid groups (broad SMARTS) is 1. The van der Waals surface area contributed by atoms with Crippen LogP contribution in [0.5, 0.6) is 0 Å². The maximum Gasteiger partial charge on any atom is 0.327 e. The van der Waals surface area contributed by atoms with Crippen LogP contribution in [0.3, 0.4) is 0 Å². The van der Waals surface area contributed by atoms with Crippen LogP contribution in [0.1, 0.15) is 11.6 Å². The van der Waals surface area contributed by atoms with Gasteiger partial charge in [-0.1, -0.05) is 30.3 Å². The largest absolute Gasteiger partial charge is 0.480 e. The molecule has 2 rings (SSSR count). The molecule has 0 spiro atoms. The third-order valence-electron chi connectivity index (χ3n) is 2.88. The van der Waals surface area contributed by atoms with Crippen molar-refractivity contribution < 1.29 is 14.7 Å². The summed E-state index contributed by atoms with van der Waals surface area (Å²) in [4.78, 5) is 24.6. The third-order valence-corrected chi connectivity index (χ3v) is 3.89. The monoisotopic (exact) mass is 266 g/mol. The van der Waals surface area contributed by atoms with Crippen LogP contribution in [0.4, 0.5) is 0 Å². The zero-order chi connectivity index (χ0) is 13.1. The Morgan fingerprint density at radius 3 is 2.67 bits per heavy atom. The Bertz CT molecular complexity index is 452. The third kappa shape index (κ3) is 2.49. The molecule has 1 aromatic carbocycles. The van der Waals surface area contributed by atoms with Crippen molar-refractivity contribution in [3.05, 3.63) is 35.9 Å². The molecule has 1 fully saturated rings. The second kappa shape index (κ2) is 5.41. The van der Waals surface area contributed by atoms with Crippen molar-refractivity contribution in [3.8, 4) is 0 Å². The number of rotatable bonds is 3. The predicted molar refractivity (Wildman–Crippen MR) is 69.0 cm³/mol. The van der Waals surface area contributed by atoms with Crippen molar-refractivity contribution in [1.82, 2.24) is 4.90 Å². The van der Waals surface area contributed by atoms with Gasteiger partial charge >= 0.3 is 5.97 Å². The van der Waals surface area contributed by atoms with Crippen LogP contribution >= 0.6 is 11.8 Å². The standard InChI is InChI=1S/C12H14N2O3S/c13-10(8-4-2-1-3-5-8)11(15)14-7-18-6-9(14)12(16)17/h1-5,9-10H,6-7,13H2,(H,16,17)/t9-,10+/m0/s1. The van der Waals surface area contributed by atoms with E-state index in [1.807, 2.05) is 6.07 Å². The van der Waals surface area contributed by atoms with Crippen molar-refractivity contribution in [2.24, 2.45) is 5.73 Å². The summed E-state index contributed by atoms with van der Waals surface area (Å²) in [6.45, 7) is 0. The van der Waals surface area contributed by atoms with E-state index in [0.717, 1.165) is 0 Å². The number of carbonyl (C=O) groups is 2. The molecular weight excluding hydrogens is 252 g/mol. The van der Waals surface area contributed by atoms with E-state index in [1.165, 1.54) is 16.7 Å². The van der Waals surface area contributed by atoms with E-state index in [1.54, 1.807) is 24.3 Å². The maximum absolute atomic E-state index is 12.2. The van der Waals surface area contributed by atoms with E-state index in [0.29, 0.717) is 17.2 Å². The van der Waals surface area contributed by atoms with Crippen LogP contribution in [-0.4, -0.2) is 39.6 Å². The van der Waals surface area contributed by atoms with Crippen LogP contribution in [-0.2, 0) is 9.59 Å². The molecule has 0 radical (unpaired) electrons. The number of nitrogens with two attached hydrogens (primary N) is 1. The minimum atomic E-state index is -0.978. The highest BCUT2D eigenvalue weighted by Gasteiger charge is 2.36. The van der Waals surface area contributed by atoms with E-state index < -0.39 is 18.1 Å².